The van der Waals surface area contributed by atoms with E-state index in [1.165, 1.54) is 13.0 Å². The topological polar surface area (TPSA) is 49.8 Å². The molecule has 3 aliphatic rings. The molecule has 3 fully saturated rings. The highest BCUT2D eigenvalue weighted by molar-refractivity contribution is 5.81. The molecule has 28 heavy (non-hydrogen) atoms. The second kappa shape index (κ2) is 6.37. The Morgan fingerprint density at radius 3 is 2.54 bits per heavy atom. The largest absolute Gasteiger partial charge is 0.490 e. The number of likely N-dealkylation sites (tertiary alicyclic amines) is 1. The van der Waals surface area contributed by atoms with Gasteiger partial charge in [-0.3, -0.25) is 4.79 Å². The average molecular weight is 397 g/mol. The van der Waals surface area contributed by atoms with Gasteiger partial charge >= 0.3 is 6.18 Å². The van der Waals surface area contributed by atoms with Crippen LogP contribution in [0.15, 0.2) is 18.2 Å². The van der Waals surface area contributed by atoms with Crippen LogP contribution in [-0.4, -0.2) is 40.7 Å². The average Bonchev–Trinajstić information content (AvgIpc) is 2.95. The first-order valence-electron chi connectivity index (χ1n) is 9.82. The Morgan fingerprint density at radius 1 is 1.25 bits per heavy atom. The fraction of sp³-hybridized carbons (Fsp3) is 0.667. The summed E-state index contributed by atoms with van der Waals surface area (Å²) in [5.74, 6) is 0.299. The highest BCUT2D eigenvalue weighted by atomic mass is 19.4. The van der Waals surface area contributed by atoms with E-state index in [1.807, 2.05) is 4.90 Å². The monoisotopic (exact) mass is 397 g/mol. The second-order valence-electron chi connectivity index (χ2n) is 9.25. The molecule has 1 atom stereocenters. The molecule has 4 nitrogen and oxygen atoms in total. The van der Waals surface area contributed by atoms with Crippen molar-refractivity contribution in [3.8, 4) is 5.75 Å². The van der Waals surface area contributed by atoms with E-state index in [-0.39, 0.29) is 34.7 Å². The highest BCUT2D eigenvalue weighted by Gasteiger charge is 2.53. The number of aliphatic hydroxyl groups is 1. The van der Waals surface area contributed by atoms with Crippen molar-refractivity contribution in [3.63, 3.8) is 0 Å². The van der Waals surface area contributed by atoms with Crippen molar-refractivity contribution in [2.24, 2.45) is 11.3 Å². The van der Waals surface area contributed by atoms with E-state index in [0.717, 1.165) is 25.3 Å². The minimum atomic E-state index is -4.39. The molecule has 1 spiro atoms. The molecule has 0 bridgehead atoms. The maximum atomic E-state index is 13.1. The van der Waals surface area contributed by atoms with Gasteiger partial charge < -0.3 is 14.7 Å². The van der Waals surface area contributed by atoms with Crippen LogP contribution in [0.3, 0.4) is 0 Å². The summed E-state index contributed by atoms with van der Waals surface area (Å²) in [6, 6.07) is 4.12. The molecule has 4 rings (SSSR count). The Hall–Kier alpha value is -1.76. The van der Waals surface area contributed by atoms with Gasteiger partial charge in [0.2, 0.25) is 5.91 Å². The fourth-order valence-corrected chi connectivity index (χ4v) is 5.07. The first kappa shape index (κ1) is 19.6. The predicted octanol–water partition coefficient (Wildman–Crippen LogP) is 3.93. The van der Waals surface area contributed by atoms with Crippen molar-refractivity contribution in [2.45, 2.75) is 63.8 Å². The Kier molecular flexibility index (Phi) is 4.45. The van der Waals surface area contributed by atoms with Gasteiger partial charge in [0, 0.05) is 24.4 Å². The van der Waals surface area contributed by atoms with Crippen molar-refractivity contribution in [1.29, 1.82) is 0 Å². The summed E-state index contributed by atoms with van der Waals surface area (Å²) >= 11 is 0. The van der Waals surface area contributed by atoms with E-state index >= 15 is 0 Å². The first-order valence-corrected chi connectivity index (χ1v) is 9.82. The number of nitrogens with zero attached hydrogens (tertiary/aromatic N) is 1. The molecule has 1 aliphatic heterocycles. The van der Waals surface area contributed by atoms with Gasteiger partial charge in [0.05, 0.1) is 17.3 Å². The summed E-state index contributed by atoms with van der Waals surface area (Å²) in [6.45, 7) is 4.57. The molecule has 0 aromatic heterocycles. The van der Waals surface area contributed by atoms with Crippen LogP contribution in [0.5, 0.6) is 5.75 Å². The number of aryl methyl sites for hydroxylation is 1. The number of alkyl halides is 3. The van der Waals surface area contributed by atoms with Crippen LogP contribution < -0.4 is 4.74 Å². The Balaban J connectivity index is 1.32. The van der Waals surface area contributed by atoms with Gasteiger partial charge in [0.15, 0.2) is 0 Å². The number of carbonyl (C=O) groups excluding carboxylic acids is 1. The zero-order valence-corrected chi connectivity index (χ0v) is 16.2. The Bertz CT molecular complexity index is 776. The van der Waals surface area contributed by atoms with Gasteiger partial charge in [-0.1, -0.05) is 6.07 Å². The predicted molar refractivity (Wildman–Crippen MR) is 96.8 cm³/mol. The lowest BCUT2D eigenvalue weighted by Crippen LogP contribution is -2.61. The third kappa shape index (κ3) is 3.61. The van der Waals surface area contributed by atoms with Gasteiger partial charge in [-0.25, -0.2) is 0 Å². The standard InChI is InChI=1S/C21H26F3NO3/c1-13-3-4-15(7-17(13)21(22,23)24)28-16-5-6-20(10-16)11-25(12-20)18(26)14-8-19(2,27)9-14/h3-4,7,14,16,27H,5-6,8-12H2,1-2H3/t14-,16?,19+. The second-order valence-corrected chi connectivity index (χ2v) is 9.25. The number of halogens is 3. The van der Waals surface area contributed by atoms with Crippen LogP contribution in [0.1, 0.15) is 50.2 Å². The molecule has 1 unspecified atom stereocenters. The van der Waals surface area contributed by atoms with E-state index in [9.17, 15) is 23.1 Å². The number of hydrogen-bond donors (Lipinski definition) is 1. The molecule has 1 amide bonds. The molecule has 1 saturated heterocycles. The molecule has 7 heteroatoms. The molecule has 2 aliphatic carbocycles. The summed E-state index contributed by atoms with van der Waals surface area (Å²) in [7, 11) is 0. The van der Waals surface area contributed by atoms with Gasteiger partial charge in [-0.15, -0.1) is 0 Å². The van der Waals surface area contributed by atoms with E-state index in [4.69, 9.17) is 4.74 Å². The Morgan fingerprint density at radius 2 is 1.93 bits per heavy atom. The molecular weight excluding hydrogens is 371 g/mol. The quantitative estimate of drug-likeness (QED) is 0.841. The maximum absolute atomic E-state index is 13.1. The molecule has 1 N–H and O–H groups in total. The smallest absolute Gasteiger partial charge is 0.416 e. The van der Waals surface area contributed by atoms with Gasteiger partial charge in [0.1, 0.15) is 5.75 Å². The summed E-state index contributed by atoms with van der Waals surface area (Å²) in [5.41, 5.74) is -1.15. The van der Waals surface area contributed by atoms with Crippen LogP contribution in [-0.2, 0) is 11.0 Å². The number of hydrogen-bond acceptors (Lipinski definition) is 3. The van der Waals surface area contributed by atoms with Crippen LogP contribution in [0, 0.1) is 18.3 Å². The van der Waals surface area contributed by atoms with Crippen molar-refractivity contribution < 1.29 is 27.8 Å². The summed E-state index contributed by atoms with van der Waals surface area (Å²) in [4.78, 5) is 14.3. The van der Waals surface area contributed by atoms with Crippen molar-refractivity contribution in [3.05, 3.63) is 29.3 Å². The van der Waals surface area contributed by atoms with E-state index in [1.54, 1.807) is 13.0 Å². The molecule has 1 heterocycles. The zero-order chi connectivity index (χ0) is 20.3. The lowest BCUT2D eigenvalue weighted by Gasteiger charge is -2.51. The summed E-state index contributed by atoms with van der Waals surface area (Å²) < 4.78 is 45.1. The molecule has 0 radical (unpaired) electrons. The summed E-state index contributed by atoms with van der Waals surface area (Å²) in [5, 5.41) is 9.81. The van der Waals surface area contributed by atoms with E-state index in [0.29, 0.717) is 25.9 Å². The van der Waals surface area contributed by atoms with Gasteiger partial charge in [-0.2, -0.15) is 13.2 Å². The fourth-order valence-electron chi connectivity index (χ4n) is 5.07. The summed E-state index contributed by atoms with van der Waals surface area (Å²) in [6.07, 6.45) is -0.996. The number of amides is 1. The lowest BCUT2D eigenvalue weighted by atomic mass is 9.70. The number of benzene rings is 1. The number of ether oxygens (including phenoxy) is 1. The molecule has 1 aromatic carbocycles. The molecule has 154 valence electrons. The first-order chi connectivity index (χ1) is 13.0. The van der Waals surface area contributed by atoms with Crippen LogP contribution in [0.4, 0.5) is 13.2 Å². The lowest BCUT2D eigenvalue weighted by molar-refractivity contribution is -0.161. The molecular formula is C21H26F3NO3. The van der Waals surface area contributed by atoms with Crippen LogP contribution in [0.25, 0.3) is 0 Å². The van der Waals surface area contributed by atoms with E-state index in [2.05, 4.69) is 0 Å². The highest BCUT2D eigenvalue weighted by Crippen LogP contribution is 2.49. The number of carbonyl (C=O) groups is 1. The zero-order valence-electron chi connectivity index (χ0n) is 16.2. The van der Waals surface area contributed by atoms with E-state index < -0.39 is 17.3 Å². The van der Waals surface area contributed by atoms with Crippen LogP contribution >= 0.6 is 0 Å². The van der Waals surface area contributed by atoms with Crippen molar-refractivity contribution in [2.75, 3.05) is 13.1 Å². The minimum Gasteiger partial charge on any atom is -0.490 e. The van der Waals surface area contributed by atoms with Gasteiger partial charge in [0.25, 0.3) is 0 Å². The van der Waals surface area contributed by atoms with Gasteiger partial charge in [-0.05, 0) is 63.6 Å². The Labute approximate surface area is 162 Å². The molecule has 2 saturated carbocycles. The van der Waals surface area contributed by atoms with Crippen LogP contribution in [0.2, 0.25) is 0 Å². The normalized spacial score (nSPS) is 31.4. The third-order valence-electron chi connectivity index (χ3n) is 6.56. The van der Waals surface area contributed by atoms with Crippen molar-refractivity contribution in [1.82, 2.24) is 4.90 Å². The third-order valence-corrected chi connectivity index (χ3v) is 6.56. The molecule has 1 aromatic rings. The minimum absolute atomic E-state index is 0.0319. The van der Waals surface area contributed by atoms with Crippen molar-refractivity contribution >= 4 is 5.91 Å². The maximum Gasteiger partial charge on any atom is 0.416 e. The SMILES string of the molecule is Cc1ccc(OC2CCC3(C2)CN(C(=O)[C@H]2C[C@@](C)(O)C2)C3)cc1C(F)(F)F. The number of rotatable bonds is 3.